The van der Waals surface area contributed by atoms with E-state index in [1.165, 1.54) is 35.6 Å². The Balaban J connectivity index is 1.40. The zero-order valence-electron chi connectivity index (χ0n) is 21.2. The Morgan fingerprint density at radius 1 is 0.857 bits per heavy atom. The molecule has 2 N–H and O–H groups in total. The number of nitrogens with zero attached hydrogens (tertiary/aromatic N) is 3. The number of halogens is 7. The van der Waals surface area contributed by atoms with Crippen LogP contribution in [-0.2, 0) is 10.0 Å². The van der Waals surface area contributed by atoms with Gasteiger partial charge in [-0.2, -0.15) is 5.10 Å². The number of hydrogen-bond acceptors (Lipinski definition) is 7. The summed E-state index contributed by atoms with van der Waals surface area (Å²) < 4.78 is 94.9. The van der Waals surface area contributed by atoms with Gasteiger partial charge in [0.25, 0.3) is 10.0 Å². The van der Waals surface area contributed by atoms with Crippen molar-refractivity contribution in [1.82, 2.24) is 4.98 Å². The Labute approximate surface area is 251 Å². The van der Waals surface area contributed by atoms with Crippen LogP contribution in [0.2, 0.25) is 0 Å². The van der Waals surface area contributed by atoms with Crippen LogP contribution in [0.25, 0.3) is 11.3 Å². The second-order valence-corrected chi connectivity index (χ2v) is 11.7. The minimum Gasteiger partial charge on any atom is -0.369 e. The number of benzene rings is 3. The molecule has 0 bridgehead atoms. The summed E-state index contributed by atoms with van der Waals surface area (Å²) in [6.07, 6.45) is 1.61. The van der Waals surface area contributed by atoms with Crippen LogP contribution >= 0.6 is 34.5 Å². The van der Waals surface area contributed by atoms with Crippen molar-refractivity contribution in [3.8, 4) is 11.3 Å². The molecule has 0 saturated carbocycles. The monoisotopic (exact) mass is 663 g/mol. The van der Waals surface area contributed by atoms with Crippen LogP contribution in [0.3, 0.4) is 0 Å². The molecule has 4 aromatic rings. The van der Waals surface area contributed by atoms with E-state index in [1.54, 1.807) is 11.6 Å². The Morgan fingerprint density at radius 3 is 2.00 bits per heavy atom. The number of alkyl halides is 2. The highest BCUT2D eigenvalue weighted by atomic mass is 35.5. The summed E-state index contributed by atoms with van der Waals surface area (Å²) in [6, 6.07) is 13.1. The zero-order valence-corrected chi connectivity index (χ0v) is 24.4. The lowest BCUT2D eigenvalue weighted by Gasteiger charge is -2.22. The van der Waals surface area contributed by atoms with Gasteiger partial charge in [0.2, 0.25) is 10.9 Å². The fourth-order valence-corrected chi connectivity index (χ4v) is 5.98. The number of nitrogens with one attached hydrogen (secondary N) is 2. The van der Waals surface area contributed by atoms with E-state index in [1.807, 2.05) is 29.0 Å². The molecule has 0 radical (unpaired) electrons. The predicted octanol–water partition coefficient (Wildman–Crippen LogP) is 7.04. The third kappa shape index (κ3) is 7.12. The first-order valence-electron chi connectivity index (χ1n) is 11.9. The highest BCUT2D eigenvalue weighted by Gasteiger charge is 2.33. The lowest BCUT2D eigenvalue weighted by molar-refractivity contribution is 0.358. The largest absolute Gasteiger partial charge is 0.369 e. The molecule has 16 heteroatoms. The van der Waals surface area contributed by atoms with Crippen LogP contribution in [-0.4, -0.2) is 44.5 Å². The van der Waals surface area contributed by atoms with Crippen molar-refractivity contribution in [2.75, 3.05) is 39.9 Å². The molecule has 0 spiro atoms. The molecule has 0 aliphatic carbocycles. The minimum absolute atomic E-state index is 0.180. The maximum Gasteiger partial charge on any atom is 0.267 e. The van der Waals surface area contributed by atoms with E-state index in [0.29, 0.717) is 41.2 Å². The number of thiazole rings is 1. The maximum absolute atomic E-state index is 14.0. The van der Waals surface area contributed by atoms with Crippen LogP contribution in [0.4, 0.5) is 38.5 Å². The van der Waals surface area contributed by atoms with E-state index in [-0.39, 0.29) is 5.69 Å². The van der Waals surface area contributed by atoms with Gasteiger partial charge >= 0.3 is 0 Å². The summed E-state index contributed by atoms with van der Waals surface area (Å²) in [5.74, 6) is -11.2. The summed E-state index contributed by atoms with van der Waals surface area (Å²) in [7, 11) is -5.15. The molecule has 0 saturated heterocycles. The molecule has 1 heterocycles. The van der Waals surface area contributed by atoms with Crippen molar-refractivity contribution in [2.45, 2.75) is 4.90 Å². The average Bonchev–Trinajstić information content (AvgIpc) is 3.44. The van der Waals surface area contributed by atoms with Crippen molar-refractivity contribution in [1.29, 1.82) is 0 Å². The van der Waals surface area contributed by atoms with E-state index in [4.69, 9.17) is 23.2 Å². The van der Waals surface area contributed by atoms with Gasteiger partial charge in [-0.15, -0.1) is 34.5 Å². The van der Waals surface area contributed by atoms with Crippen molar-refractivity contribution in [2.24, 2.45) is 5.10 Å². The number of hydrazone groups is 1. The summed E-state index contributed by atoms with van der Waals surface area (Å²) in [4.78, 5) is 4.50. The van der Waals surface area contributed by atoms with Crippen molar-refractivity contribution in [3.63, 3.8) is 0 Å². The molecule has 3 aromatic carbocycles. The lowest BCUT2D eigenvalue weighted by atomic mass is 10.1. The van der Waals surface area contributed by atoms with Crippen LogP contribution < -0.4 is 15.0 Å². The average molecular weight is 665 g/mol. The van der Waals surface area contributed by atoms with E-state index in [2.05, 4.69) is 20.4 Å². The van der Waals surface area contributed by atoms with Crippen LogP contribution in [0.5, 0.6) is 0 Å². The van der Waals surface area contributed by atoms with Gasteiger partial charge in [-0.3, -0.25) is 10.1 Å². The molecular formula is C26H20Cl2F5N5O2S2. The van der Waals surface area contributed by atoms with Crippen molar-refractivity contribution in [3.05, 3.63) is 88.6 Å². The normalized spacial score (nSPS) is 11.7. The number of aromatic nitrogens is 1. The quantitative estimate of drug-likeness (QED) is 0.0424. The molecule has 222 valence electrons. The Bertz CT molecular complexity index is 1650. The van der Waals surface area contributed by atoms with E-state index in [0.717, 1.165) is 11.3 Å². The molecule has 7 nitrogen and oxygen atoms in total. The first-order valence-corrected chi connectivity index (χ1v) is 15.3. The second-order valence-electron chi connectivity index (χ2n) is 8.45. The Morgan fingerprint density at radius 2 is 1.43 bits per heavy atom. The van der Waals surface area contributed by atoms with Crippen molar-refractivity contribution >= 4 is 67.3 Å². The number of rotatable bonds is 12. The van der Waals surface area contributed by atoms with E-state index < -0.39 is 44.0 Å². The molecule has 0 fully saturated rings. The van der Waals surface area contributed by atoms with Crippen LogP contribution in [0.15, 0.2) is 63.9 Å². The zero-order chi connectivity index (χ0) is 30.4. The Hall–Kier alpha value is -3.46. The molecule has 4 rings (SSSR count). The molecule has 0 unspecified atom stereocenters. The van der Waals surface area contributed by atoms with Gasteiger partial charge in [0, 0.05) is 47.2 Å². The summed E-state index contributed by atoms with van der Waals surface area (Å²) in [6.45, 7) is 1.35. The van der Waals surface area contributed by atoms with Gasteiger partial charge in [0.15, 0.2) is 28.2 Å². The van der Waals surface area contributed by atoms with E-state index >= 15 is 0 Å². The van der Waals surface area contributed by atoms with Crippen molar-refractivity contribution < 1.29 is 30.4 Å². The van der Waals surface area contributed by atoms with Gasteiger partial charge in [0.1, 0.15) is 0 Å². The van der Waals surface area contributed by atoms with Gasteiger partial charge in [-0.1, -0.05) is 24.3 Å². The smallest absolute Gasteiger partial charge is 0.267 e. The number of sulfonamides is 1. The third-order valence-electron chi connectivity index (χ3n) is 5.72. The molecule has 1 aromatic heterocycles. The first kappa shape index (κ1) is 31.5. The molecule has 42 heavy (non-hydrogen) atoms. The number of anilines is 3. The minimum atomic E-state index is -5.15. The van der Waals surface area contributed by atoms with Crippen LogP contribution in [0, 0.1) is 29.1 Å². The molecule has 0 aliphatic heterocycles. The molecule has 0 atom stereocenters. The van der Waals surface area contributed by atoms with Gasteiger partial charge < -0.3 is 4.90 Å². The second kappa shape index (κ2) is 13.7. The lowest BCUT2D eigenvalue weighted by Crippen LogP contribution is -2.27. The van der Waals surface area contributed by atoms with Gasteiger partial charge in [-0.05, 0) is 29.8 Å². The first-order chi connectivity index (χ1) is 20.1. The Kier molecular flexibility index (Phi) is 10.2. The number of hydrogen-bond donors (Lipinski definition) is 2. The third-order valence-corrected chi connectivity index (χ3v) is 8.20. The van der Waals surface area contributed by atoms with Gasteiger partial charge in [0.05, 0.1) is 11.9 Å². The molecular weight excluding hydrogens is 644 g/mol. The highest BCUT2D eigenvalue weighted by Crippen LogP contribution is 2.30. The fourth-order valence-electron chi connectivity index (χ4n) is 3.70. The van der Waals surface area contributed by atoms with E-state index in [9.17, 15) is 30.4 Å². The SMILES string of the molecule is O=S(=O)(Nc1ccc(-c2csc(N/N=C/c3ccc(N(CCCl)CCCl)cc3)n2)cc1)c1c(F)c(F)c(F)c(F)c1F. The maximum atomic E-state index is 14.0. The topological polar surface area (TPSA) is 86.7 Å². The summed E-state index contributed by atoms with van der Waals surface area (Å²) in [5.41, 5.74) is 5.53. The fraction of sp³-hybridized carbons (Fsp3) is 0.154. The predicted molar refractivity (Wildman–Crippen MR) is 156 cm³/mol. The van der Waals surface area contributed by atoms with Gasteiger partial charge in [-0.25, -0.2) is 35.4 Å². The summed E-state index contributed by atoms with van der Waals surface area (Å²) >= 11 is 13.0. The summed E-state index contributed by atoms with van der Waals surface area (Å²) in [5, 5.41) is 6.36. The molecule has 0 amide bonds. The molecule has 0 aliphatic rings. The standard InChI is InChI=1S/C26H20Cl2F5N5O2S2/c27-9-11-38(12-10-28)18-7-1-15(2-8-18)13-34-36-26-35-19(14-41-26)16-3-5-17(6-4-16)37-42(39,40)25-23(32)21(30)20(29)22(31)24(25)33/h1-8,13-14,37H,9-12H2,(H,35,36)/b34-13+. The van der Waals surface area contributed by atoms with Crippen LogP contribution in [0.1, 0.15) is 5.56 Å². The highest BCUT2D eigenvalue weighted by molar-refractivity contribution is 7.92.